The summed E-state index contributed by atoms with van der Waals surface area (Å²) in [4.78, 5) is 0. The lowest BCUT2D eigenvalue weighted by atomic mass is 10.0. The van der Waals surface area contributed by atoms with Crippen LogP contribution in [0.15, 0.2) is 48.5 Å². The van der Waals surface area contributed by atoms with Gasteiger partial charge in [0.1, 0.15) is 0 Å². The predicted molar refractivity (Wildman–Crippen MR) is 82.5 cm³/mol. The van der Waals surface area contributed by atoms with Gasteiger partial charge in [-0.2, -0.15) is 0 Å². The van der Waals surface area contributed by atoms with E-state index in [1.54, 1.807) is 0 Å². The van der Waals surface area contributed by atoms with Crippen molar-refractivity contribution in [2.75, 3.05) is 6.61 Å². The summed E-state index contributed by atoms with van der Waals surface area (Å²) < 4.78 is 11.4. The highest BCUT2D eigenvalue weighted by Crippen LogP contribution is 2.25. The minimum Gasteiger partial charge on any atom is -0.348 e. The van der Waals surface area contributed by atoms with Crippen LogP contribution in [0.1, 0.15) is 25.8 Å². The van der Waals surface area contributed by atoms with E-state index in [1.165, 1.54) is 16.3 Å². The molecule has 0 saturated carbocycles. The van der Waals surface area contributed by atoms with E-state index >= 15 is 0 Å². The maximum Gasteiger partial charge on any atom is 0.163 e. The molecule has 1 unspecified atom stereocenters. The van der Waals surface area contributed by atoms with Crippen LogP contribution in [0.2, 0.25) is 0 Å². The molecule has 1 saturated heterocycles. The molecular weight excluding hydrogens is 248 g/mol. The van der Waals surface area contributed by atoms with E-state index in [1.807, 2.05) is 13.8 Å². The summed E-state index contributed by atoms with van der Waals surface area (Å²) in [5.41, 5.74) is 1.25. The average molecular weight is 268 g/mol. The first-order valence-electron chi connectivity index (χ1n) is 7.10. The summed E-state index contributed by atoms with van der Waals surface area (Å²) in [6, 6.07) is 14.8. The van der Waals surface area contributed by atoms with E-state index in [2.05, 4.69) is 54.6 Å². The molecule has 0 spiro atoms. The maximum atomic E-state index is 5.80. The molecule has 0 aromatic heterocycles. The number of hydrogen-bond acceptors (Lipinski definition) is 2. The first kappa shape index (κ1) is 13.3. The third kappa shape index (κ3) is 2.92. The minimum absolute atomic E-state index is 0.163. The third-order valence-corrected chi connectivity index (χ3v) is 3.59. The molecule has 0 radical (unpaired) electrons. The predicted octanol–water partition coefficient (Wildman–Crippen LogP) is 4.39. The van der Waals surface area contributed by atoms with E-state index in [4.69, 9.17) is 9.47 Å². The van der Waals surface area contributed by atoms with Crippen molar-refractivity contribution < 1.29 is 9.47 Å². The molecule has 0 N–H and O–H groups in total. The molecule has 2 nitrogen and oxygen atoms in total. The summed E-state index contributed by atoms with van der Waals surface area (Å²) in [6.07, 6.45) is 5.40. The Labute approximate surface area is 120 Å². The van der Waals surface area contributed by atoms with Crippen molar-refractivity contribution in [1.29, 1.82) is 0 Å². The third-order valence-electron chi connectivity index (χ3n) is 3.59. The first-order valence-corrected chi connectivity index (χ1v) is 7.10. The van der Waals surface area contributed by atoms with Crippen LogP contribution in [0.5, 0.6) is 0 Å². The quantitative estimate of drug-likeness (QED) is 0.821. The first-order chi connectivity index (χ1) is 9.64. The summed E-state index contributed by atoms with van der Waals surface area (Å²) in [5.74, 6) is -0.433. The van der Waals surface area contributed by atoms with Gasteiger partial charge in [-0.1, -0.05) is 54.6 Å². The number of benzene rings is 2. The highest BCUT2D eigenvalue weighted by Gasteiger charge is 2.31. The molecule has 2 aromatic rings. The second kappa shape index (κ2) is 5.39. The molecule has 1 heterocycles. The lowest BCUT2D eigenvalue weighted by Gasteiger charge is -2.16. The molecule has 0 aliphatic carbocycles. The van der Waals surface area contributed by atoms with Crippen LogP contribution in [-0.2, 0) is 9.47 Å². The Morgan fingerprint density at radius 3 is 2.75 bits per heavy atom. The largest absolute Gasteiger partial charge is 0.348 e. The maximum absolute atomic E-state index is 5.80. The van der Waals surface area contributed by atoms with Gasteiger partial charge >= 0.3 is 0 Å². The van der Waals surface area contributed by atoms with Gasteiger partial charge in [0.15, 0.2) is 5.79 Å². The van der Waals surface area contributed by atoms with E-state index in [0.29, 0.717) is 6.61 Å². The van der Waals surface area contributed by atoms with Crippen LogP contribution >= 0.6 is 0 Å². The standard InChI is InChI=1S/C18H20O2/c1-18(2)19-13-16(20-18)11-6-10-15-9-5-8-14-7-3-4-12-17(14)15/h3-10,12,16H,11,13H2,1-2H3/b10-6+. The summed E-state index contributed by atoms with van der Waals surface area (Å²) in [5, 5.41) is 2.56. The molecule has 1 aliphatic rings. The monoisotopic (exact) mass is 268 g/mol. The van der Waals surface area contributed by atoms with Crippen molar-refractivity contribution in [2.24, 2.45) is 0 Å². The molecule has 2 aromatic carbocycles. The SMILES string of the molecule is CC1(C)OCC(C/C=C/c2cccc3ccccc23)O1. The van der Waals surface area contributed by atoms with E-state index in [-0.39, 0.29) is 6.10 Å². The zero-order valence-corrected chi connectivity index (χ0v) is 12.0. The van der Waals surface area contributed by atoms with Crippen LogP contribution in [0.4, 0.5) is 0 Å². The topological polar surface area (TPSA) is 18.5 Å². The normalized spacial score (nSPS) is 21.8. The van der Waals surface area contributed by atoms with Gasteiger partial charge in [0.25, 0.3) is 0 Å². The van der Waals surface area contributed by atoms with E-state index in [0.717, 1.165) is 6.42 Å². The van der Waals surface area contributed by atoms with Gasteiger partial charge in [0, 0.05) is 0 Å². The molecule has 104 valence electrons. The number of fused-ring (bicyclic) bond motifs is 1. The highest BCUT2D eigenvalue weighted by atomic mass is 16.7. The fourth-order valence-electron chi connectivity index (χ4n) is 2.62. The summed E-state index contributed by atoms with van der Waals surface area (Å²) >= 11 is 0. The van der Waals surface area contributed by atoms with Gasteiger partial charge in [-0.15, -0.1) is 0 Å². The van der Waals surface area contributed by atoms with Crippen molar-refractivity contribution in [3.05, 3.63) is 54.1 Å². The van der Waals surface area contributed by atoms with Gasteiger partial charge in [-0.25, -0.2) is 0 Å². The van der Waals surface area contributed by atoms with Crippen molar-refractivity contribution in [3.63, 3.8) is 0 Å². The molecule has 1 fully saturated rings. The van der Waals surface area contributed by atoms with Crippen LogP contribution in [0, 0.1) is 0 Å². The Hall–Kier alpha value is -1.64. The summed E-state index contributed by atoms with van der Waals surface area (Å²) in [7, 11) is 0. The summed E-state index contributed by atoms with van der Waals surface area (Å²) in [6.45, 7) is 4.59. The highest BCUT2D eigenvalue weighted by molar-refractivity contribution is 5.90. The Balaban J connectivity index is 1.72. The molecule has 1 aliphatic heterocycles. The van der Waals surface area contributed by atoms with Gasteiger partial charge in [0.2, 0.25) is 0 Å². The zero-order valence-electron chi connectivity index (χ0n) is 12.0. The lowest BCUT2D eigenvalue weighted by molar-refractivity contribution is -0.137. The van der Waals surface area contributed by atoms with Crippen LogP contribution < -0.4 is 0 Å². The second-order valence-corrected chi connectivity index (χ2v) is 5.66. The van der Waals surface area contributed by atoms with Crippen LogP contribution in [-0.4, -0.2) is 18.5 Å². The fourth-order valence-corrected chi connectivity index (χ4v) is 2.62. The Kier molecular flexibility index (Phi) is 3.60. The van der Waals surface area contributed by atoms with Crippen LogP contribution in [0.3, 0.4) is 0 Å². The van der Waals surface area contributed by atoms with Gasteiger partial charge in [0.05, 0.1) is 12.7 Å². The van der Waals surface area contributed by atoms with Crippen molar-refractivity contribution in [1.82, 2.24) is 0 Å². The Bertz CT molecular complexity index is 623. The molecule has 3 rings (SSSR count). The molecule has 2 heteroatoms. The molecule has 1 atom stereocenters. The van der Waals surface area contributed by atoms with E-state index < -0.39 is 5.79 Å². The zero-order chi connectivity index (χ0) is 14.0. The number of rotatable bonds is 3. The number of ether oxygens (including phenoxy) is 2. The van der Waals surface area contributed by atoms with Crippen molar-refractivity contribution in [3.8, 4) is 0 Å². The second-order valence-electron chi connectivity index (χ2n) is 5.66. The molecule has 20 heavy (non-hydrogen) atoms. The Morgan fingerprint density at radius 1 is 1.15 bits per heavy atom. The van der Waals surface area contributed by atoms with Gasteiger partial charge in [-0.3, -0.25) is 0 Å². The van der Waals surface area contributed by atoms with Crippen molar-refractivity contribution in [2.45, 2.75) is 32.2 Å². The molecule has 0 bridgehead atoms. The van der Waals surface area contributed by atoms with Gasteiger partial charge < -0.3 is 9.47 Å². The molecule has 0 amide bonds. The van der Waals surface area contributed by atoms with Gasteiger partial charge in [-0.05, 0) is 36.6 Å². The van der Waals surface area contributed by atoms with Crippen molar-refractivity contribution >= 4 is 16.8 Å². The van der Waals surface area contributed by atoms with Crippen LogP contribution in [0.25, 0.3) is 16.8 Å². The number of hydrogen-bond donors (Lipinski definition) is 0. The molecular formula is C18H20O2. The van der Waals surface area contributed by atoms with E-state index in [9.17, 15) is 0 Å². The lowest BCUT2D eigenvalue weighted by Crippen LogP contribution is -2.21. The fraction of sp³-hybridized carbons (Fsp3) is 0.333. The smallest absolute Gasteiger partial charge is 0.163 e. The minimum atomic E-state index is -0.433. The Morgan fingerprint density at radius 2 is 1.95 bits per heavy atom. The average Bonchev–Trinajstić information content (AvgIpc) is 2.79.